The van der Waals surface area contributed by atoms with Gasteiger partial charge >= 0.3 is 0 Å². The highest BCUT2D eigenvalue weighted by atomic mass is 79.9. The van der Waals surface area contributed by atoms with E-state index in [1.807, 2.05) is 18.2 Å². The molecule has 3 nitrogen and oxygen atoms in total. The van der Waals surface area contributed by atoms with Gasteiger partial charge in [0.2, 0.25) is 0 Å². The predicted octanol–water partition coefficient (Wildman–Crippen LogP) is 3.46. The highest BCUT2D eigenvalue weighted by Crippen LogP contribution is 2.24. The monoisotopic (exact) mass is 348 g/mol. The molecule has 0 saturated carbocycles. The molecule has 2 aromatic rings. The lowest BCUT2D eigenvalue weighted by Gasteiger charge is -2.18. The summed E-state index contributed by atoms with van der Waals surface area (Å²) in [4.78, 5) is 0. The molecular weight excluding hydrogens is 328 g/mol. The van der Waals surface area contributed by atoms with Crippen molar-refractivity contribution in [2.45, 2.75) is 25.3 Å². The van der Waals surface area contributed by atoms with E-state index in [1.54, 1.807) is 7.11 Å². The summed E-state index contributed by atoms with van der Waals surface area (Å²) in [6.45, 7) is 0. The van der Waals surface area contributed by atoms with Crippen molar-refractivity contribution in [1.82, 2.24) is 5.43 Å². The Morgan fingerprint density at radius 1 is 1.19 bits per heavy atom. The van der Waals surface area contributed by atoms with Crippen molar-refractivity contribution in [3.05, 3.63) is 64.1 Å². The zero-order valence-electron chi connectivity index (χ0n) is 12.2. The van der Waals surface area contributed by atoms with Crippen LogP contribution in [0.25, 0.3) is 0 Å². The minimum absolute atomic E-state index is 0.216. The third-order valence-electron chi connectivity index (χ3n) is 3.57. The Labute approximate surface area is 134 Å². The van der Waals surface area contributed by atoms with E-state index in [0.29, 0.717) is 0 Å². The molecule has 0 fully saturated rings. The van der Waals surface area contributed by atoms with E-state index in [-0.39, 0.29) is 6.04 Å². The van der Waals surface area contributed by atoms with E-state index in [4.69, 9.17) is 10.6 Å². The molecule has 0 spiro atoms. The fourth-order valence-corrected chi connectivity index (χ4v) is 2.81. The molecule has 2 rings (SSSR count). The van der Waals surface area contributed by atoms with Gasteiger partial charge in [-0.15, -0.1) is 0 Å². The number of ether oxygens (including phenoxy) is 1. The molecule has 0 aliphatic carbocycles. The van der Waals surface area contributed by atoms with Crippen LogP contribution in [0.4, 0.5) is 0 Å². The molecule has 21 heavy (non-hydrogen) atoms. The summed E-state index contributed by atoms with van der Waals surface area (Å²) in [6.07, 6.45) is 2.83. The van der Waals surface area contributed by atoms with Gasteiger partial charge in [-0.25, -0.2) is 0 Å². The number of rotatable bonds is 7. The highest BCUT2D eigenvalue weighted by Gasteiger charge is 2.12. The molecule has 0 bridgehead atoms. The first-order valence-electron chi connectivity index (χ1n) is 7.05. The number of hydrogen-bond acceptors (Lipinski definition) is 3. The van der Waals surface area contributed by atoms with Gasteiger partial charge in [-0.2, -0.15) is 0 Å². The molecule has 4 heteroatoms. The quantitative estimate of drug-likeness (QED) is 0.594. The van der Waals surface area contributed by atoms with E-state index in [0.717, 1.165) is 35.0 Å². The van der Waals surface area contributed by atoms with Crippen LogP contribution in [0.2, 0.25) is 0 Å². The normalized spacial score (nSPS) is 12.1. The Morgan fingerprint density at radius 2 is 1.95 bits per heavy atom. The van der Waals surface area contributed by atoms with Crippen molar-refractivity contribution in [1.29, 1.82) is 0 Å². The number of nitrogens with one attached hydrogen (secondary N) is 1. The van der Waals surface area contributed by atoms with Crippen LogP contribution in [0.3, 0.4) is 0 Å². The molecule has 0 aliphatic rings. The van der Waals surface area contributed by atoms with Crippen molar-refractivity contribution < 1.29 is 4.74 Å². The van der Waals surface area contributed by atoms with E-state index < -0.39 is 0 Å². The first-order valence-corrected chi connectivity index (χ1v) is 7.84. The minimum Gasteiger partial charge on any atom is -0.496 e. The van der Waals surface area contributed by atoms with Gasteiger partial charge in [-0.05, 0) is 48.6 Å². The molecule has 0 heterocycles. The number of nitrogens with two attached hydrogens (primary N) is 1. The topological polar surface area (TPSA) is 47.3 Å². The summed E-state index contributed by atoms with van der Waals surface area (Å²) in [6, 6.07) is 16.7. The second kappa shape index (κ2) is 8.17. The van der Waals surface area contributed by atoms with Crippen molar-refractivity contribution in [3.8, 4) is 5.75 Å². The average molecular weight is 349 g/mol. The largest absolute Gasteiger partial charge is 0.496 e. The molecule has 0 aliphatic heterocycles. The van der Waals surface area contributed by atoms with Crippen molar-refractivity contribution in [3.63, 3.8) is 0 Å². The molecule has 1 atom stereocenters. The fourth-order valence-electron chi connectivity index (χ4n) is 2.40. The van der Waals surface area contributed by atoms with Gasteiger partial charge in [0, 0.05) is 10.5 Å². The maximum Gasteiger partial charge on any atom is 0.122 e. The molecule has 3 N–H and O–H groups in total. The summed E-state index contributed by atoms with van der Waals surface area (Å²) in [5.41, 5.74) is 5.41. The summed E-state index contributed by atoms with van der Waals surface area (Å²) in [5.74, 6) is 6.61. The molecule has 0 aromatic heterocycles. The van der Waals surface area contributed by atoms with E-state index in [1.165, 1.54) is 5.56 Å². The molecule has 1 unspecified atom stereocenters. The van der Waals surface area contributed by atoms with E-state index in [9.17, 15) is 0 Å². The summed E-state index contributed by atoms with van der Waals surface area (Å²) in [5, 5.41) is 0. The number of halogens is 1. The number of methoxy groups -OCH3 is 1. The smallest absolute Gasteiger partial charge is 0.122 e. The lowest BCUT2D eigenvalue weighted by molar-refractivity contribution is 0.403. The average Bonchev–Trinajstić information content (AvgIpc) is 2.52. The van der Waals surface area contributed by atoms with Crippen LogP contribution in [0.5, 0.6) is 5.75 Å². The third-order valence-corrected chi connectivity index (χ3v) is 4.06. The second-order valence-corrected chi connectivity index (χ2v) is 5.96. The number of benzene rings is 2. The number of hydrogen-bond donors (Lipinski definition) is 2. The van der Waals surface area contributed by atoms with Gasteiger partial charge in [-0.1, -0.05) is 46.3 Å². The fraction of sp³-hybridized carbons (Fsp3) is 0.294. The third kappa shape index (κ3) is 4.84. The zero-order valence-corrected chi connectivity index (χ0v) is 13.8. The van der Waals surface area contributed by atoms with Crippen LogP contribution in [0.1, 0.15) is 17.5 Å². The Kier molecular flexibility index (Phi) is 6.23. The van der Waals surface area contributed by atoms with Crippen LogP contribution in [-0.2, 0) is 12.8 Å². The summed E-state index contributed by atoms with van der Waals surface area (Å²) >= 11 is 3.51. The van der Waals surface area contributed by atoms with Crippen LogP contribution in [-0.4, -0.2) is 13.2 Å². The Bertz CT molecular complexity index is 560. The maximum absolute atomic E-state index is 5.71. The van der Waals surface area contributed by atoms with Crippen molar-refractivity contribution in [2.75, 3.05) is 7.11 Å². The number of aryl methyl sites for hydroxylation is 1. The van der Waals surface area contributed by atoms with Gasteiger partial charge in [0.15, 0.2) is 0 Å². The molecular formula is C17H21BrN2O. The van der Waals surface area contributed by atoms with Crippen LogP contribution in [0.15, 0.2) is 53.0 Å². The molecule has 0 amide bonds. The minimum atomic E-state index is 0.216. The maximum atomic E-state index is 5.71. The molecule has 0 saturated heterocycles. The lowest BCUT2D eigenvalue weighted by atomic mass is 9.99. The van der Waals surface area contributed by atoms with Gasteiger partial charge in [0.05, 0.1) is 7.11 Å². The predicted molar refractivity (Wildman–Crippen MR) is 90.3 cm³/mol. The van der Waals surface area contributed by atoms with Crippen molar-refractivity contribution in [2.24, 2.45) is 5.84 Å². The molecule has 112 valence electrons. The SMILES string of the molecule is COc1ccc(Br)cc1CC(CCc1ccccc1)NN. The molecule has 0 radical (unpaired) electrons. The summed E-state index contributed by atoms with van der Waals surface area (Å²) in [7, 11) is 1.70. The van der Waals surface area contributed by atoms with Crippen LogP contribution < -0.4 is 16.0 Å². The standard InChI is InChI=1S/C17H21BrN2O/c1-21-17-10-8-15(18)11-14(17)12-16(20-19)9-7-13-5-3-2-4-6-13/h2-6,8,10-11,16,20H,7,9,12,19H2,1H3. The van der Waals surface area contributed by atoms with Crippen LogP contribution in [0, 0.1) is 0 Å². The number of hydrazine groups is 1. The van der Waals surface area contributed by atoms with Crippen LogP contribution >= 0.6 is 15.9 Å². The highest BCUT2D eigenvalue weighted by molar-refractivity contribution is 9.10. The van der Waals surface area contributed by atoms with Gasteiger partial charge in [0.1, 0.15) is 5.75 Å². The van der Waals surface area contributed by atoms with E-state index in [2.05, 4.69) is 51.7 Å². The zero-order chi connectivity index (χ0) is 15.1. The van der Waals surface area contributed by atoms with Gasteiger partial charge in [-0.3, -0.25) is 11.3 Å². The van der Waals surface area contributed by atoms with Crippen molar-refractivity contribution >= 4 is 15.9 Å². The first-order chi connectivity index (χ1) is 10.2. The van der Waals surface area contributed by atoms with Gasteiger partial charge in [0.25, 0.3) is 0 Å². The molecule has 2 aromatic carbocycles. The van der Waals surface area contributed by atoms with E-state index >= 15 is 0 Å². The first kappa shape index (κ1) is 16.0. The Balaban J connectivity index is 2.00. The second-order valence-electron chi connectivity index (χ2n) is 5.05. The Hall–Kier alpha value is -1.36. The lowest BCUT2D eigenvalue weighted by Crippen LogP contribution is -2.37. The summed E-state index contributed by atoms with van der Waals surface area (Å²) < 4.78 is 6.47. The van der Waals surface area contributed by atoms with Gasteiger partial charge < -0.3 is 4.74 Å². The Morgan fingerprint density at radius 3 is 2.62 bits per heavy atom.